The van der Waals surface area contributed by atoms with Crippen molar-refractivity contribution in [3.8, 4) is 28.4 Å². The van der Waals surface area contributed by atoms with Crippen LogP contribution < -0.4 is 19.8 Å². The Hall–Kier alpha value is -3.03. The van der Waals surface area contributed by atoms with Gasteiger partial charge in [0.2, 0.25) is 0 Å². The number of methoxy groups -OCH3 is 2. The summed E-state index contributed by atoms with van der Waals surface area (Å²) < 4.78 is 28.4. The molecule has 0 bridgehead atoms. The van der Waals surface area contributed by atoms with E-state index in [0.717, 1.165) is 53.8 Å². The lowest BCUT2D eigenvalue weighted by molar-refractivity contribution is 0.0281. The van der Waals surface area contributed by atoms with Gasteiger partial charge in [-0.25, -0.2) is 4.79 Å². The van der Waals surface area contributed by atoms with Crippen LogP contribution in [0, 0.1) is 6.92 Å². The number of benzene rings is 2. The van der Waals surface area contributed by atoms with Crippen molar-refractivity contribution in [1.29, 1.82) is 0 Å². The van der Waals surface area contributed by atoms with Crippen LogP contribution >= 0.6 is 0 Å². The summed E-state index contributed by atoms with van der Waals surface area (Å²) in [5.74, 6) is 1.94. The Morgan fingerprint density at radius 2 is 1.97 bits per heavy atom. The SMILES string of the molecule is COc1ccc(-c2c(C)c3ccc4c(c3oc2=O)CN(C[C@@H]2CCCO2)CO4)cc1OC. The van der Waals surface area contributed by atoms with Crippen LogP contribution in [0.5, 0.6) is 17.2 Å². The molecule has 5 rings (SSSR count). The largest absolute Gasteiger partial charge is 0.493 e. The number of ether oxygens (including phenoxy) is 4. The Morgan fingerprint density at radius 3 is 2.72 bits per heavy atom. The van der Waals surface area contributed by atoms with E-state index in [2.05, 4.69) is 4.90 Å². The first-order valence-electron chi connectivity index (χ1n) is 10.9. The molecule has 1 saturated heterocycles. The lowest BCUT2D eigenvalue weighted by Crippen LogP contribution is -2.37. The molecule has 0 aliphatic carbocycles. The molecule has 0 saturated carbocycles. The van der Waals surface area contributed by atoms with Crippen LogP contribution in [0.3, 0.4) is 0 Å². The van der Waals surface area contributed by atoms with Gasteiger partial charge in [0.25, 0.3) is 0 Å². The van der Waals surface area contributed by atoms with Gasteiger partial charge in [0.05, 0.1) is 31.5 Å². The number of rotatable bonds is 5. The van der Waals surface area contributed by atoms with Crippen LogP contribution in [0.4, 0.5) is 0 Å². The number of nitrogens with zero attached hydrogens (tertiary/aromatic N) is 1. The van der Waals surface area contributed by atoms with E-state index in [-0.39, 0.29) is 11.7 Å². The van der Waals surface area contributed by atoms with Crippen molar-refractivity contribution in [2.45, 2.75) is 32.4 Å². The monoisotopic (exact) mass is 437 g/mol. The van der Waals surface area contributed by atoms with E-state index in [1.807, 2.05) is 25.1 Å². The van der Waals surface area contributed by atoms with Crippen LogP contribution in [0.2, 0.25) is 0 Å². The third-order valence-electron chi connectivity index (χ3n) is 6.34. The van der Waals surface area contributed by atoms with Crippen molar-refractivity contribution in [1.82, 2.24) is 4.90 Å². The minimum atomic E-state index is -0.383. The lowest BCUT2D eigenvalue weighted by atomic mass is 9.97. The van der Waals surface area contributed by atoms with E-state index in [1.165, 1.54) is 0 Å². The molecule has 1 aromatic heterocycles. The Kier molecular flexibility index (Phi) is 5.53. The van der Waals surface area contributed by atoms with Crippen LogP contribution in [-0.4, -0.2) is 45.1 Å². The van der Waals surface area contributed by atoms with E-state index < -0.39 is 0 Å². The van der Waals surface area contributed by atoms with Gasteiger partial charge in [0, 0.05) is 25.1 Å². The predicted molar refractivity (Wildman–Crippen MR) is 121 cm³/mol. The Bertz CT molecular complexity index is 1210. The molecule has 3 heterocycles. The Labute approximate surface area is 186 Å². The fraction of sp³-hybridized carbons (Fsp3) is 0.400. The van der Waals surface area contributed by atoms with Crippen molar-refractivity contribution in [2.24, 2.45) is 0 Å². The zero-order chi connectivity index (χ0) is 22.2. The standard InChI is InChI=1S/C25H27NO6/c1-15-18-7-9-20-19(13-26(14-31-20)12-17-5-4-10-30-17)24(18)32-25(27)23(15)16-6-8-21(28-2)22(11-16)29-3/h6-9,11,17H,4-5,10,12-14H2,1-3H3/t17-/m0/s1. The molecule has 1 fully saturated rings. The first-order chi connectivity index (χ1) is 15.6. The molecular formula is C25H27NO6. The first-order valence-corrected chi connectivity index (χ1v) is 10.9. The average Bonchev–Trinajstić information content (AvgIpc) is 3.32. The molecule has 2 aromatic carbocycles. The second kappa shape index (κ2) is 8.48. The van der Waals surface area contributed by atoms with Gasteiger partial charge in [-0.1, -0.05) is 6.07 Å². The highest BCUT2D eigenvalue weighted by Gasteiger charge is 2.27. The fourth-order valence-corrected chi connectivity index (χ4v) is 4.69. The normalized spacial score (nSPS) is 18.4. The highest BCUT2D eigenvalue weighted by molar-refractivity contribution is 5.90. The summed E-state index contributed by atoms with van der Waals surface area (Å²) in [5, 5.41) is 0.899. The van der Waals surface area contributed by atoms with Gasteiger partial charge in [0.1, 0.15) is 18.1 Å². The third-order valence-corrected chi connectivity index (χ3v) is 6.34. The summed E-state index contributed by atoms with van der Waals surface area (Å²) in [5.41, 5.74) is 3.22. The van der Waals surface area contributed by atoms with Gasteiger partial charge in [-0.3, -0.25) is 4.90 Å². The van der Waals surface area contributed by atoms with Crippen molar-refractivity contribution in [2.75, 3.05) is 34.1 Å². The smallest absolute Gasteiger partial charge is 0.344 e. The summed E-state index contributed by atoms with van der Waals surface area (Å²) in [7, 11) is 3.16. The third kappa shape index (κ3) is 3.61. The highest BCUT2D eigenvalue weighted by Crippen LogP contribution is 2.37. The van der Waals surface area contributed by atoms with Crippen molar-refractivity contribution in [3.63, 3.8) is 0 Å². The predicted octanol–water partition coefficient (Wildman–Crippen LogP) is 4.12. The van der Waals surface area contributed by atoms with E-state index in [0.29, 0.717) is 35.9 Å². The van der Waals surface area contributed by atoms with Gasteiger partial charge in [-0.15, -0.1) is 0 Å². The van der Waals surface area contributed by atoms with Gasteiger partial charge in [-0.05, 0) is 55.2 Å². The molecule has 3 aromatic rings. The lowest BCUT2D eigenvalue weighted by Gasteiger charge is -2.30. The van der Waals surface area contributed by atoms with Crippen molar-refractivity contribution < 1.29 is 23.4 Å². The maximum Gasteiger partial charge on any atom is 0.344 e. The second-order valence-electron chi connectivity index (χ2n) is 8.30. The summed E-state index contributed by atoms with van der Waals surface area (Å²) >= 11 is 0. The molecular weight excluding hydrogens is 410 g/mol. The topological polar surface area (TPSA) is 70.4 Å². The first kappa shape index (κ1) is 20.8. The van der Waals surface area contributed by atoms with Crippen LogP contribution in [0.25, 0.3) is 22.1 Å². The molecule has 0 radical (unpaired) electrons. The van der Waals surface area contributed by atoms with Gasteiger partial charge < -0.3 is 23.4 Å². The number of fused-ring (bicyclic) bond motifs is 3. The number of hydrogen-bond donors (Lipinski definition) is 0. The Morgan fingerprint density at radius 1 is 1.12 bits per heavy atom. The fourth-order valence-electron chi connectivity index (χ4n) is 4.69. The maximum absolute atomic E-state index is 13.1. The maximum atomic E-state index is 13.1. The molecule has 7 heteroatoms. The summed E-state index contributed by atoms with van der Waals surface area (Å²) in [6.45, 7) is 4.75. The van der Waals surface area contributed by atoms with Crippen molar-refractivity contribution >= 4 is 11.0 Å². The van der Waals surface area contributed by atoms with Crippen molar-refractivity contribution in [3.05, 3.63) is 51.9 Å². The summed E-state index contributed by atoms with van der Waals surface area (Å²) in [6.07, 6.45) is 2.41. The van der Waals surface area contributed by atoms with Crippen LogP contribution in [-0.2, 0) is 11.3 Å². The molecule has 0 amide bonds. The number of hydrogen-bond acceptors (Lipinski definition) is 7. The molecule has 168 valence electrons. The minimum Gasteiger partial charge on any atom is -0.493 e. The Balaban J connectivity index is 1.56. The molecule has 0 N–H and O–H groups in total. The van der Waals surface area contributed by atoms with Gasteiger partial charge in [-0.2, -0.15) is 0 Å². The van der Waals surface area contributed by atoms with Crippen LogP contribution in [0.15, 0.2) is 39.5 Å². The molecule has 7 nitrogen and oxygen atoms in total. The average molecular weight is 437 g/mol. The summed E-state index contributed by atoms with van der Waals surface area (Å²) in [4.78, 5) is 15.3. The van der Waals surface area contributed by atoms with Gasteiger partial charge in [0.15, 0.2) is 11.5 Å². The van der Waals surface area contributed by atoms with Gasteiger partial charge >= 0.3 is 5.63 Å². The minimum absolute atomic E-state index is 0.237. The quantitative estimate of drug-likeness (QED) is 0.556. The molecule has 2 aliphatic heterocycles. The zero-order valence-electron chi connectivity index (χ0n) is 18.6. The van der Waals surface area contributed by atoms with E-state index in [4.69, 9.17) is 23.4 Å². The van der Waals surface area contributed by atoms with E-state index >= 15 is 0 Å². The molecule has 2 aliphatic rings. The molecule has 32 heavy (non-hydrogen) atoms. The number of aryl methyl sites for hydroxylation is 1. The second-order valence-corrected chi connectivity index (χ2v) is 8.30. The summed E-state index contributed by atoms with van der Waals surface area (Å²) in [6, 6.07) is 9.37. The highest BCUT2D eigenvalue weighted by atomic mass is 16.5. The molecule has 0 spiro atoms. The van der Waals surface area contributed by atoms with E-state index in [1.54, 1.807) is 26.4 Å². The molecule has 0 unspecified atom stereocenters. The van der Waals surface area contributed by atoms with E-state index in [9.17, 15) is 4.79 Å². The molecule has 1 atom stereocenters. The zero-order valence-corrected chi connectivity index (χ0v) is 18.6. The van der Waals surface area contributed by atoms with Crippen LogP contribution in [0.1, 0.15) is 24.0 Å².